The van der Waals surface area contributed by atoms with Gasteiger partial charge >= 0.3 is 0 Å². The molecule has 17 heavy (non-hydrogen) atoms. The maximum Gasteiger partial charge on any atom is 0.120 e. The van der Waals surface area contributed by atoms with Crippen molar-refractivity contribution in [3.8, 4) is 5.75 Å². The molecule has 2 saturated heterocycles. The number of nitrogens with one attached hydrogen (secondary N) is 1. The number of phenols is 1. The quantitative estimate of drug-likeness (QED) is 0.817. The van der Waals surface area contributed by atoms with E-state index in [0.29, 0.717) is 28.0 Å². The van der Waals surface area contributed by atoms with Crippen LogP contribution in [-0.2, 0) is 0 Å². The lowest BCUT2D eigenvalue weighted by molar-refractivity contribution is 0.354. The Labute approximate surface area is 111 Å². The summed E-state index contributed by atoms with van der Waals surface area (Å²) in [5.41, 5.74) is 0.956. The van der Waals surface area contributed by atoms with Gasteiger partial charge in [-0.2, -0.15) is 0 Å². The average Bonchev–Trinajstić information content (AvgIpc) is 2.63. The molecular weight excluding hydrogens is 257 g/mol. The SMILES string of the molecule is Oc1cc(Cl)c(Cl)cc1[C@@H]1C[C@H]2CC[C@@H](C1)N2. The fourth-order valence-corrected chi connectivity index (χ4v) is 3.52. The maximum absolute atomic E-state index is 10.00. The number of phenolic OH excluding ortho intramolecular Hbond substituents is 1. The Kier molecular flexibility index (Phi) is 2.97. The van der Waals surface area contributed by atoms with Crippen molar-refractivity contribution in [3.05, 3.63) is 27.7 Å². The van der Waals surface area contributed by atoms with E-state index in [0.717, 1.165) is 18.4 Å². The minimum Gasteiger partial charge on any atom is -0.508 e. The van der Waals surface area contributed by atoms with E-state index in [-0.39, 0.29) is 5.75 Å². The second-order valence-corrected chi connectivity index (χ2v) is 5.95. The van der Waals surface area contributed by atoms with E-state index in [4.69, 9.17) is 23.2 Å². The first-order chi connectivity index (χ1) is 8.13. The highest BCUT2D eigenvalue weighted by molar-refractivity contribution is 6.42. The van der Waals surface area contributed by atoms with Crippen LogP contribution in [0, 0.1) is 0 Å². The second-order valence-electron chi connectivity index (χ2n) is 5.13. The van der Waals surface area contributed by atoms with Crippen LogP contribution in [0.5, 0.6) is 5.75 Å². The van der Waals surface area contributed by atoms with Crippen molar-refractivity contribution in [2.24, 2.45) is 0 Å². The molecule has 2 N–H and O–H groups in total. The Balaban J connectivity index is 1.91. The zero-order valence-electron chi connectivity index (χ0n) is 9.42. The molecule has 0 aromatic heterocycles. The fourth-order valence-electron chi connectivity index (χ4n) is 3.19. The highest BCUT2D eigenvalue weighted by Crippen LogP contribution is 2.42. The van der Waals surface area contributed by atoms with Crippen LogP contribution >= 0.6 is 23.2 Å². The molecule has 0 aliphatic carbocycles. The Morgan fingerprint density at radius 1 is 1.06 bits per heavy atom. The lowest BCUT2D eigenvalue weighted by Gasteiger charge is -2.29. The number of hydrogen-bond donors (Lipinski definition) is 2. The molecule has 2 heterocycles. The Morgan fingerprint density at radius 2 is 1.65 bits per heavy atom. The molecule has 2 bridgehead atoms. The minimum atomic E-state index is 0.283. The normalized spacial score (nSPS) is 31.8. The van der Waals surface area contributed by atoms with Crippen molar-refractivity contribution in [1.29, 1.82) is 0 Å². The van der Waals surface area contributed by atoms with Gasteiger partial charge in [0.1, 0.15) is 5.75 Å². The highest BCUT2D eigenvalue weighted by Gasteiger charge is 2.35. The third-order valence-corrected chi connectivity index (χ3v) is 4.70. The molecular formula is C13H15Cl2NO. The van der Waals surface area contributed by atoms with Gasteiger partial charge in [0, 0.05) is 18.2 Å². The van der Waals surface area contributed by atoms with Gasteiger partial charge in [-0.1, -0.05) is 23.2 Å². The van der Waals surface area contributed by atoms with Crippen LogP contribution in [0.2, 0.25) is 10.0 Å². The van der Waals surface area contributed by atoms with Gasteiger partial charge in [-0.25, -0.2) is 0 Å². The minimum absolute atomic E-state index is 0.283. The zero-order valence-corrected chi connectivity index (χ0v) is 10.9. The molecule has 3 atom stereocenters. The summed E-state index contributed by atoms with van der Waals surface area (Å²) in [4.78, 5) is 0. The Bertz CT molecular complexity index is 437. The standard InChI is InChI=1S/C13H15Cl2NO/c14-11-5-10(13(17)6-12(11)15)7-3-8-1-2-9(4-7)16-8/h5-9,16-17H,1-4H2/t7-,8-,9+. The molecule has 1 aromatic rings. The molecule has 0 spiro atoms. The van der Waals surface area contributed by atoms with E-state index in [1.54, 1.807) is 6.07 Å². The molecule has 2 aliphatic rings. The van der Waals surface area contributed by atoms with Gasteiger partial charge < -0.3 is 10.4 Å². The van der Waals surface area contributed by atoms with Gasteiger partial charge in [-0.3, -0.25) is 0 Å². The van der Waals surface area contributed by atoms with E-state index in [1.807, 2.05) is 6.07 Å². The van der Waals surface area contributed by atoms with Crippen molar-refractivity contribution in [2.75, 3.05) is 0 Å². The van der Waals surface area contributed by atoms with Crippen LogP contribution in [0.25, 0.3) is 0 Å². The molecule has 0 unspecified atom stereocenters. The monoisotopic (exact) mass is 271 g/mol. The number of fused-ring (bicyclic) bond motifs is 2. The van der Waals surface area contributed by atoms with Crippen molar-refractivity contribution in [1.82, 2.24) is 5.32 Å². The first kappa shape index (κ1) is 11.6. The molecule has 2 fully saturated rings. The van der Waals surface area contributed by atoms with Crippen LogP contribution in [0.15, 0.2) is 12.1 Å². The average molecular weight is 272 g/mol. The molecule has 4 heteroatoms. The van der Waals surface area contributed by atoms with Crippen LogP contribution < -0.4 is 5.32 Å². The van der Waals surface area contributed by atoms with E-state index < -0.39 is 0 Å². The molecule has 0 amide bonds. The summed E-state index contributed by atoms with van der Waals surface area (Å²) in [6.07, 6.45) is 4.68. The Hall–Kier alpha value is -0.440. The number of benzene rings is 1. The van der Waals surface area contributed by atoms with E-state index >= 15 is 0 Å². The fraction of sp³-hybridized carbons (Fsp3) is 0.538. The van der Waals surface area contributed by atoms with E-state index in [2.05, 4.69) is 5.32 Å². The summed E-state index contributed by atoms with van der Waals surface area (Å²) in [6.45, 7) is 0. The first-order valence-electron chi connectivity index (χ1n) is 6.07. The van der Waals surface area contributed by atoms with Crippen LogP contribution in [-0.4, -0.2) is 17.2 Å². The van der Waals surface area contributed by atoms with Crippen molar-refractivity contribution in [3.63, 3.8) is 0 Å². The number of piperidine rings is 1. The summed E-state index contributed by atoms with van der Waals surface area (Å²) in [7, 11) is 0. The summed E-state index contributed by atoms with van der Waals surface area (Å²) in [6, 6.07) is 4.60. The number of halogens is 2. The molecule has 2 aliphatic heterocycles. The van der Waals surface area contributed by atoms with E-state index in [9.17, 15) is 5.11 Å². The number of aromatic hydroxyl groups is 1. The lowest BCUT2D eigenvalue weighted by atomic mass is 9.86. The summed E-state index contributed by atoms with van der Waals surface area (Å²) in [5, 5.41) is 14.5. The first-order valence-corrected chi connectivity index (χ1v) is 6.83. The molecule has 92 valence electrons. The van der Waals surface area contributed by atoms with Crippen LogP contribution in [0.3, 0.4) is 0 Å². The maximum atomic E-state index is 10.00. The Morgan fingerprint density at radius 3 is 2.29 bits per heavy atom. The van der Waals surface area contributed by atoms with Crippen molar-refractivity contribution in [2.45, 2.75) is 43.7 Å². The van der Waals surface area contributed by atoms with Gasteiger partial charge in [0.2, 0.25) is 0 Å². The summed E-state index contributed by atoms with van der Waals surface area (Å²) >= 11 is 11.9. The largest absolute Gasteiger partial charge is 0.508 e. The van der Waals surface area contributed by atoms with Crippen LogP contribution in [0.4, 0.5) is 0 Å². The van der Waals surface area contributed by atoms with Gasteiger partial charge in [0.25, 0.3) is 0 Å². The van der Waals surface area contributed by atoms with Crippen LogP contribution in [0.1, 0.15) is 37.2 Å². The lowest BCUT2D eigenvalue weighted by Crippen LogP contribution is -2.37. The number of rotatable bonds is 1. The highest BCUT2D eigenvalue weighted by atomic mass is 35.5. The van der Waals surface area contributed by atoms with Gasteiger partial charge in [-0.05, 0) is 43.2 Å². The summed E-state index contributed by atoms with van der Waals surface area (Å²) < 4.78 is 0. The smallest absolute Gasteiger partial charge is 0.120 e. The van der Waals surface area contributed by atoms with Crippen molar-refractivity contribution >= 4 is 23.2 Å². The molecule has 3 rings (SSSR count). The van der Waals surface area contributed by atoms with Gasteiger partial charge in [-0.15, -0.1) is 0 Å². The molecule has 2 nitrogen and oxygen atoms in total. The molecule has 0 saturated carbocycles. The van der Waals surface area contributed by atoms with Crippen molar-refractivity contribution < 1.29 is 5.11 Å². The third-order valence-electron chi connectivity index (χ3n) is 3.98. The van der Waals surface area contributed by atoms with E-state index in [1.165, 1.54) is 12.8 Å². The predicted octanol–water partition coefficient (Wildman–Crippen LogP) is 3.70. The third kappa shape index (κ3) is 2.14. The molecule has 0 radical (unpaired) electrons. The van der Waals surface area contributed by atoms with Gasteiger partial charge in [0.15, 0.2) is 0 Å². The second kappa shape index (κ2) is 4.34. The number of hydrogen-bond acceptors (Lipinski definition) is 2. The zero-order chi connectivity index (χ0) is 12.0. The predicted molar refractivity (Wildman–Crippen MR) is 70.0 cm³/mol. The van der Waals surface area contributed by atoms with Gasteiger partial charge in [0.05, 0.1) is 10.0 Å². The molecule has 1 aromatic carbocycles. The topological polar surface area (TPSA) is 32.3 Å². The summed E-state index contributed by atoms with van der Waals surface area (Å²) in [5.74, 6) is 0.689.